The second-order valence-electron chi connectivity index (χ2n) is 5.91. The fourth-order valence-corrected chi connectivity index (χ4v) is 2.03. The van der Waals surface area contributed by atoms with Gasteiger partial charge in [0.15, 0.2) is 0 Å². The minimum Gasteiger partial charge on any atom is -0.478 e. The first-order valence-corrected chi connectivity index (χ1v) is 7.74. The Morgan fingerprint density at radius 3 is 2.46 bits per heavy atom. The highest BCUT2D eigenvalue weighted by atomic mass is 16.5. The van der Waals surface area contributed by atoms with Crippen molar-refractivity contribution in [3.8, 4) is 0 Å². The Labute approximate surface area is 141 Å². The Hall–Kier alpha value is -2.41. The van der Waals surface area contributed by atoms with Gasteiger partial charge in [-0.15, -0.1) is 0 Å². The smallest absolute Gasteiger partial charge is 0.335 e. The third-order valence-electron chi connectivity index (χ3n) is 3.23. The Morgan fingerprint density at radius 1 is 1.17 bits per heavy atom. The molecule has 0 saturated carbocycles. The van der Waals surface area contributed by atoms with Crippen LogP contribution in [0.2, 0.25) is 0 Å². The molecule has 7 nitrogen and oxygen atoms in total. The molecule has 0 fully saturated rings. The number of carboxylic acid groups (broad SMARTS) is 1. The molecule has 1 aromatic rings. The molecule has 0 unspecified atom stereocenters. The Balaban J connectivity index is 2.62. The molecule has 0 bridgehead atoms. The quantitative estimate of drug-likeness (QED) is 0.640. The zero-order valence-corrected chi connectivity index (χ0v) is 14.2. The van der Waals surface area contributed by atoms with Gasteiger partial charge in [-0.3, -0.25) is 9.59 Å². The van der Waals surface area contributed by atoms with E-state index in [0.717, 1.165) is 6.42 Å². The summed E-state index contributed by atoms with van der Waals surface area (Å²) in [7, 11) is 1.50. The van der Waals surface area contributed by atoms with Gasteiger partial charge in [-0.05, 0) is 36.1 Å². The van der Waals surface area contributed by atoms with Crippen LogP contribution in [0.25, 0.3) is 0 Å². The van der Waals surface area contributed by atoms with Gasteiger partial charge in [0.1, 0.15) is 0 Å². The molecule has 24 heavy (non-hydrogen) atoms. The van der Waals surface area contributed by atoms with Crippen molar-refractivity contribution in [2.45, 2.75) is 33.3 Å². The molecule has 0 spiro atoms. The highest BCUT2D eigenvalue weighted by Crippen LogP contribution is 2.16. The topological polar surface area (TPSA) is 105 Å². The number of aromatic carboxylic acids is 1. The summed E-state index contributed by atoms with van der Waals surface area (Å²) >= 11 is 0. The van der Waals surface area contributed by atoms with E-state index in [4.69, 9.17) is 9.84 Å². The van der Waals surface area contributed by atoms with Gasteiger partial charge in [-0.25, -0.2) is 4.79 Å². The summed E-state index contributed by atoms with van der Waals surface area (Å²) in [4.78, 5) is 34.6. The molecule has 0 aliphatic rings. The first-order chi connectivity index (χ1) is 11.3. The predicted octanol–water partition coefficient (Wildman–Crippen LogP) is 2.02. The number of carboxylic acids is 1. The zero-order valence-electron chi connectivity index (χ0n) is 14.2. The van der Waals surface area contributed by atoms with Gasteiger partial charge in [-0.1, -0.05) is 13.8 Å². The molecule has 0 aliphatic carbocycles. The van der Waals surface area contributed by atoms with Crippen LogP contribution in [0.1, 0.15) is 42.6 Å². The molecule has 2 amide bonds. The summed E-state index contributed by atoms with van der Waals surface area (Å²) in [5.74, 6) is -1.27. The van der Waals surface area contributed by atoms with E-state index in [9.17, 15) is 14.4 Å². The van der Waals surface area contributed by atoms with E-state index < -0.39 is 11.9 Å². The zero-order chi connectivity index (χ0) is 18.1. The van der Waals surface area contributed by atoms with E-state index in [1.807, 2.05) is 13.8 Å². The van der Waals surface area contributed by atoms with Gasteiger partial charge >= 0.3 is 5.97 Å². The summed E-state index contributed by atoms with van der Waals surface area (Å²) in [5.41, 5.74) is 1.04. The van der Waals surface area contributed by atoms with Crippen LogP contribution in [0.4, 0.5) is 5.69 Å². The summed E-state index contributed by atoms with van der Waals surface area (Å²) in [6.45, 7) is 4.11. The maximum atomic E-state index is 11.9. The summed E-state index contributed by atoms with van der Waals surface area (Å²) in [5, 5.41) is 14.2. The third-order valence-corrected chi connectivity index (χ3v) is 3.23. The molecular formula is C17H24N2O5. The number of hydrogen-bond acceptors (Lipinski definition) is 4. The Morgan fingerprint density at radius 2 is 1.88 bits per heavy atom. The first-order valence-electron chi connectivity index (χ1n) is 7.74. The monoisotopic (exact) mass is 336 g/mol. The van der Waals surface area contributed by atoms with Crippen molar-refractivity contribution in [3.63, 3.8) is 0 Å². The van der Waals surface area contributed by atoms with Crippen molar-refractivity contribution >= 4 is 23.5 Å². The van der Waals surface area contributed by atoms with Crippen molar-refractivity contribution in [1.29, 1.82) is 0 Å². The van der Waals surface area contributed by atoms with Gasteiger partial charge in [0, 0.05) is 19.2 Å². The summed E-state index contributed by atoms with van der Waals surface area (Å²) in [6.07, 6.45) is 1.13. The van der Waals surface area contributed by atoms with Crippen LogP contribution in [-0.2, 0) is 20.9 Å². The van der Waals surface area contributed by atoms with E-state index >= 15 is 0 Å². The number of hydrogen-bond donors (Lipinski definition) is 3. The minimum absolute atomic E-state index is 0.0563. The van der Waals surface area contributed by atoms with E-state index in [-0.39, 0.29) is 24.6 Å². The fourth-order valence-electron chi connectivity index (χ4n) is 2.03. The number of anilines is 1. The molecule has 0 radical (unpaired) electrons. The van der Waals surface area contributed by atoms with Crippen LogP contribution in [0.5, 0.6) is 0 Å². The third kappa shape index (κ3) is 7.23. The van der Waals surface area contributed by atoms with Crippen LogP contribution in [0, 0.1) is 5.92 Å². The van der Waals surface area contributed by atoms with Gasteiger partial charge in [0.25, 0.3) is 0 Å². The number of carbonyl (C=O) groups is 3. The summed E-state index contributed by atoms with van der Waals surface area (Å²) in [6, 6.07) is 4.48. The standard InChI is InChI=1S/C17H24N2O5/c1-11(2)4-5-15(20)18-9-16(21)19-14-7-12(10-24-3)6-13(8-14)17(22)23/h6-8,11H,4-5,9-10H2,1-3H3,(H,18,20)(H,19,21)(H,22,23). The van der Waals surface area contributed by atoms with Crippen molar-refractivity contribution < 1.29 is 24.2 Å². The lowest BCUT2D eigenvalue weighted by Crippen LogP contribution is -2.32. The Bertz CT molecular complexity index is 599. The first kappa shape index (κ1) is 19.6. The Kier molecular flexibility index (Phi) is 7.91. The second kappa shape index (κ2) is 9.67. The fraction of sp³-hybridized carbons (Fsp3) is 0.471. The van der Waals surface area contributed by atoms with Crippen LogP contribution in [0.3, 0.4) is 0 Å². The predicted molar refractivity (Wildman–Crippen MR) is 89.8 cm³/mol. The van der Waals surface area contributed by atoms with Crippen LogP contribution in [0.15, 0.2) is 18.2 Å². The molecule has 3 N–H and O–H groups in total. The molecule has 0 saturated heterocycles. The average Bonchev–Trinajstić information content (AvgIpc) is 2.51. The number of rotatable bonds is 9. The number of methoxy groups -OCH3 is 1. The van der Waals surface area contributed by atoms with Gasteiger partial charge in [-0.2, -0.15) is 0 Å². The van der Waals surface area contributed by atoms with Crippen LogP contribution < -0.4 is 10.6 Å². The maximum absolute atomic E-state index is 11.9. The molecule has 0 heterocycles. The minimum atomic E-state index is -1.09. The van der Waals surface area contributed by atoms with Crippen LogP contribution >= 0.6 is 0 Å². The molecule has 1 aromatic carbocycles. The second-order valence-corrected chi connectivity index (χ2v) is 5.91. The lowest BCUT2D eigenvalue weighted by molar-refractivity contribution is -0.124. The number of amides is 2. The molecule has 0 aromatic heterocycles. The normalized spacial score (nSPS) is 10.5. The van der Waals surface area contributed by atoms with Crippen molar-refractivity contribution in [2.24, 2.45) is 5.92 Å². The van der Waals surface area contributed by atoms with Gasteiger partial charge < -0.3 is 20.5 Å². The molecular weight excluding hydrogens is 312 g/mol. The molecule has 0 atom stereocenters. The number of benzene rings is 1. The van der Waals surface area contributed by atoms with E-state index in [2.05, 4.69) is 10.6 Å². The SMILES string of the molecule is COCc1cc(NC(=O)CNC(=O)CCC(C)C)cc(C(=O)O)c1. The molecule has 7 heteroatoms. The number of carbonyl (C=O) groups excluding carboxylic acids is 2. The lowest BCUT2D eigenvalue weighted by Gasteiger charge is -2.10. The van der Waals surface area contributed by atoms with E-state index in [1.165, 1.54) is 19.2 Å². The van der Waals surface area contributed by atoms with Crippen molar-refractivity contribution in [3.05, 3.63) is 29.3 Å². The van der Waals surface area contributed by atoms with Crippen LogP contribution in [-0.4, -0.2) is 36.5 Å². The molecule has 0 aliphatic heterocycles. The van der Waals surface area contributed by atoms with Gasteiger partial charge in [0.2, 0.25) is 11.8 Å². The largest absolute Gasteiger partial charge is 0.478 e. The maximum Gasteiger partial charge on any atom is 0.335 e. The van der Waals surface area contributed by atoms with Crippen molar-refractivity contribution in [1.82, 2.24) is 5.32 Å². The van der Waals surface area contributed by atoms with E-state index in [0.29, 0.717) is 23.6 Å². The number of nitrogens with one attached hydrogen (secondary N) is 2. The average molecular weight is 336 g/mol. The van der Waals surface area contributed by atoms with Gasteiger partial charge in [0.05, 0.1) is 18.7 Å². The number of ether oxygens (including phenoxy) is 1. The highest BCUT2D eigenvalue weighted by Gasteiger charge is 2.11. The van der Waals surface area contributed by atoms with E-state index in [1.54, 1.807) is 6.07 Å². The highest BCUT2D eigenvalue weighted by molar-refractivity contribution is 5.96. The molecule has 1 rings (SSSR count). The molecule has 132 valence electrons. The lowest BCUT2D eigenvalue weighted by atomic mass is 10.1. The van der Waals surface area contributed by atoms with Crippen molar-refractivity contribution in [2.75, 3.05) is 19.0 Å². The summed E-state index contributed by atoms with van der Waals surface area (Å²) < 4.78 is 4.99.